The number of ether oxygens (including phenoxy) is 1. The molecular weight excluding hydrogens is 404 g/mol. The molecule has 0 fully saturated rings. The van der Waals surface area contributed by atoms with Crippen LogP contribution in [0.15, 0.2) is 69.7 Å². The number of sulfonamides is 1. The third kappa shape index (κ3) is 10.2. The molecule has 9 heteroatoms. The third-order valence-electron chi connectivity index (χ3n) is 3.76. The number of nitrogens with one attached hydrogen (secondary N) is 2. The van der Waals surface area contributed by atoms with Crippen LogP contribution in [0.1, 0.15) is 25.7 Å². The van der Waals surface area contributed by atoms with Crippen LogP contribution in [0.5, 0.6) is 0 Å². The lowest BCUT2D eigenvalue weighted by atomic mass is 10.2. The minimum Gasteiger partial charge on any atom is -0.469 e. The first-order valence-corrected chi connectivity index (χ1v) is 11.1. The Morgan fingerprint density at radius 3 is 2.03 bits per heavy atom. The van der Waals surface area contributed by atoms with E-state index >= 15 is 0 Å². The smallest absolute Gasteiger partial charge is 0.305 e. The Morgan fingerprint density at radius 1 is 0.900 bits per heavy atom. The quantitative estimate of drug-likeness (QED) is 0.334. The SMILES string of the molecule is CNC.COC(=O)CCCCCNS(=O)(=O)c1ccc(N=Nc2ccccc2)cc1. The van der Waals surface area contributed by atoms with E-state index in [2.05, 4.69) is 25.0 Å². The van der Waals surface area contributed by atoms with Crippen LogP contribution >= 0.6 is 0 Å². The predicted octanol–water partition coefficient (Wildman–Crippen LogP) is 3.95. The fraction of sp³-hybridized carbons (Fsp3) is 0.381. The Bertz CT molecular complexity index is 870. The van der Waals surface area contributed by atoms with Crippen molar-refractivity contribution in [3.05, 3.63) is 54.6 Å². The summed E-state index contributed by atoms with van der Waals surface area (Å²) in [6, 6.07) is 15.5. The molecule has 0 aromatic heterocycles. The highest BCUT2D eigenvalue weighted by atomic mass is 32.2. The molecule has 2 aromatic carbocycles. The molecule has 0 aliphatic heterocycles. The van der Waals surface area contributed by atoms with Gasteiger partial charge in [0.2, 0.25) is 10.0 Å². The molecule has 8 nitrogen and oxygen atoms in total. The Morgan fingerprint density at radius 2 is 1.47 bits per heavy atom. The van der Waals surface area contributed by atoms with Gasteiger partial charge in [-0.15, -0.1) is 0 Å². The molecule has 0 amide bonds. The van der Waals surface area contributed by atoms with E-state index in [0.29, 0.717) is 31.5 Å². The highest BCUT2D eigenvalue weighted by molar-refractivity contribution is 7.89. The molecule has 0 aliphatic rings. The molecule has 2 N–H and O–H groups in total. The summed E-state index contributed by atoms with van der Waals surface area (Å²) in [6.45, 7) is 0.318. The number of carbonyl (C=O) groups excluding carboxylic acids is 1. The van der Waals surface area contributed by atoms with Gasteiger partial charge in [0, 0.05) is 13.0 Å². The van der Waals surface area contributed by atoms with Crippen molar-refractivity contribution in [3.8, 4) is 0 Å². The van der Waals surface area contributed by atoms with Crippen molar-refractivity contribution < 1.29 is 17.9 Å². The number of methoxy groups -OCH3 is 1. The Balaban J connectivity index is 0.00000141. The highest BCUT2D eigenvalue weighted by Gasteiger charge is 2.13. The second kappa shape index (κ2) is 14.4. The first-order valence-electron chi connectivity index (χ1n) is 9.64. The zero-order valence-electron chi connectivity index (χ0n) is 17.7. The van der Waals surface area contributed by atoms with Crippen LogP contribution in [0.2, 0.25) is 0 Å². The summed E-state index contributed by atoms with van der Waals surface area (Å²) in [6.07, 6.45) is 2.42. The average Bonchev–Trinajstić information content (AvgIpc) is 2.76. The number of nitrogens with zero attached hydrogens (tertiary/aromatic N) is 2. The maximum atomic E-state index is 12.3. The molecule has 0 aliphatic carbocycles. The van der Waals surface area contributed by atoms with Crippen LogP contribution in [0.3, 0.4) is 0 Å². The van der Waals surface area contributed by atoms with Crippen molar-refractivity contribution in [3.63, 3.8) is 0 Å². The number of rotatable bonds is 10. The first-order chi connectivity index (χ1) is 14.4. The molecule has 30 heavy (non-hydrogen) atoms. The van der Waals surface area contributed by atoms with Crippen LogP contribution in [0, 0.1) is 0 Å². The standard InChI is InChI=1S/C19H23N3O4S.C2H7N/c1-26-19(23)10-6-3-7-15-20-27(24,25)18-13-11-17(12-14-18)22-21-16-8-4-2-5-9-16;1-3-2/h2,4-5,8-9,11-14,20H,3,6-7,10,15H2,1H3;3H,1-2H3. The molecule has 0 spiro atoms. The second-order valence-electron chi connectivity index (χ2n) is 6.31. The number of benzene rings is 2. The number of carbonyl (C=O) groups is 1. The molecule has 0 saturated carbocycles. The third-order valence-corrected chi connectivity index (χ3v) is 5.24. The molecule has 0 saturated heterocycles. The van der Waals surface area contributed by atoms with E-state index in [0.717, 1.165) is 12.1 Å². The minimum atomic E-state index is -3.57. The topological polar surface area (TPSA) is 109 Å². The Kier molecular flexibility index (Phi) is 12.2. The predicted molar refractivity (Wildman–Crippen MR) is 118 cm³/mol. The van der Waals surface area contributed by atoms with E-state index in [-0.39, 0.29) is 10.9 Å². The summed E-state index contributed by atoms with van der Waals surface area (Å²) < 4.78 is 31.7. The fourth-order valence-electron chi connectivity index (χ4n) is 2.27. The van der Waals surface area contributed by atoms with Crippen LogP contribution in [0.25, 0.3) is 0 Å². The van der Waals surface area contributed by atoms with Crippen molar-refractivity contribution in [2.24, 2.45) is 10.2 Å². The van der Waals surface area contributed by atoms with Gasteiger partial charge in [-0.2, -0.15) is 10.2 Å². The lowest BCUT2D eigenvalue weighted by Gasteiger charge is -2.07. The molecule has 2 rings (SSSR count). The molecule has 0 atom stereocenters. The van der Waals surface area contributed by atoms with Crippen LogP contribution in [0.4, 0.5) is 11.4 Å². The first kappa shape index (κ1) is 25.4. The van der Waals surface area contributed by atoms with E-state index in [1.54, 1.807) is 12.1 Å². The zero-order chi connectivity index (χ0) is 22.2. The van der Waals surface area contributed by atoms with Crippen molar-refractivity contribution in [1.29, 1.82) is 0 Å². The van der Waals surface area contributed by atoms with Gasteiger partial charge in [0.25, 0.3) is 0 Å². The average molecular weight is 435 g/mol. The number of unbranched alkanes of at least 4 members (excludes halogenated alkanes) is 2. The highest BCUT2D eigenvalue weighted by Crippen LogP contribution is 2.20. The summed E-state index contributed by atoms with van der Waals surface area (Å²) >= 11 is 0. The number of azo groups is 1. The molecule has 0 bridgehead atoms. The van der Waals surface area contributed by atoms with Crippen molar-refractivity contribution in [2.75, 3.05) is 27.7 Å². The minimum absolute atomic E-state index is 0.177. The largest absolute Gasteiger partial charge is 0.469 e. The van der Waals surface area contributed by atoms with Gasteiger partial charge in [-0.3, -0.25) is 4.79 Å². The van der Waals surface area contributed by atoms with Crippen molar-refractivity contribution in [1.82, 2.24) is 10.0 Å². The maximum Gasteiger partial charge on any atom is 0.305 e. The van der Waals surface area contributed by atoms with Gasteiger partial charge < -0.3 is 10.1 Å². The molecule has 0 heterocycles. The zero-order valence-corrected chi connectivity index (χ0v) is 18.5. The maximum absolute atomic E-state index is 12.3. The summed E-state index contributed by atoms with van der Waals surface area (Å²) in [5.74, 6) is -0.250. The Labute approximate surface area is 178 Å². The molecule has 0 unspecified atom stereocenters. The summed E-state index contributed by atoms with van der Waals surface area (Å²) in [7, 11) is 1.54. The fourth-order valence-corrected chi connectivity index (χ4v) is 3.34. The monoisotopic (exact) mass is 434 g/mol. The van der Waals surface area contributed by atoms with Gasteiger partial charge in [-0.25, -0.2) is 13.1 Å². The second-order valence-corrected chi connectivity index (χ2v) is 8.08. The number of esters is 1. The summed E-state index contributed by atoms with van der Waals surface area (Å²) in [4.78, 5) is 11.2. The van der Waals surface area contributed by atoms with Gasteiger partial charge in [-0.05, 0) is 63.3 Å². The number of hydrogen-bond donors (Lipinski definition) is 2. The van der Waals surface area contributed by atoms with Gasteiger partial charge in [0.15, 0.2) is 0 Å². The number of hydrogen-bond acceptors (Lipinski definition) is 7. The molecule has 2 aromatic rings. The van der Waals surface area contributed by atoms with Crippen LogP contribution in [-0.4, -0.2) is 42.1 Å². The molecule has 164 valence electrons. The van der Waals surface area contributed by atoms with Gasteiger partial charge in [0.1, 0.15) is 0 Å². The summed E-state index contributed by atoms with van der Waals surface area (Å²) in [5, 5.41) is 10.9. The van der Waals surface area contributed by atoms with E-state index in [9.17, 15) is 13.2 Å². The summed E-state index contributed by atoms with van der Waals surface area (Å²) in [5.41, 5.74) is 1.30. The molecule has 0 radical (unpaired) electrons. The van der Waals surface area contributed by atoms with Crippen molar-refractivity contribution in [2.45, 2.75) is 30.6 Å². The van der Waals surface area contributed by atoms with Crippen LogP contribution in [-0.2, 0) is 19.6 Å². The van der Waals surface area contributed by atoms with E-state index in [1.165, 1.54) is 19.2 Å². The lowest BCUT2D eigenvalue weighted by Crippen LogP contribution is -2.24. The lowest BCUT2D eigenvalue weighted by molar-refractivity contribution is -0.140. The van der Waals surface area contributed by atoms with E-state index < -0.39 is 10.0 Å². The van der Waals surface area contributed by atoms with Gasteiger partial charge >= 0.3 is 5.97 Å². The van der Waals surface area contributed by atoms with Crippen LogP contribution < -0.4 is 10.0 Å². The van der Waals surface area contributed by atoms with E-state index in [4.69, 9.17) is 0 Å². The normalized spacial score (nSPS) is 11.0. The van der Waals surface area contributed by atoms with Gasteiger partial charge in [-0.1, -0.05) is 24.6 Å². The van der Waals surface area contributed by atoms with E-state index in [1.807, 2.05) is 44.4 Å². The van der Waals surface area contributed by atoms with Gasteiger partial charge in [0.05, 0.1) is 23.4 Å². The van der Waals surface area contributed by atoms with Crippen molar-refractivity contribution >= 4 is 27.4 Å². The molecular formula is C21H30N4O4S. The Hall–Kier alpha value is -2.62.